The lowest BCUT2D eigenvalue weighted by molar-refractivity contribution is -0.132. The number of piperazine rings is 1. The Morgan fingerprint density at radius 3 is 2.59 bits per heavy atom. The Bertz CT molecular complexity index is 1210. The number of nitrogens with one attached hydrogen (secondary N) is 2. The molecule has 2 aliphatic heterocycles. The van der Waals surface area contributed by atoms with E-state index in [1.807, 2.05) is 59.6 Å². The molecule has 3 heterocycles. The predicted octanol–water partition coefficient (Wildman–Crippen LogP) is 2.62. The van der Waals surface area contributed by atoms with Crippen molar-refractivity contribution < 1.29 is 14.4 Å². The molecule has 0 radical (unpaired) electrons. The number of aromatic amines is 1. The number of hydrogen-bond acceptors (Lipinski definition) is 4. The van der Waals surface area contributed by atoms with Gasteiger partial charge in [0.15, 0.2) is 0 Å². The predicted molar refractivity (Wildman–Crippen MR) is 132 cm³/mol. The molecule has 2 aromatic carbocycles. The van der Waals surface area contributed by atoms with Crippen LogP contribution in [0.5, 0.6) is 0 Å². The molecule has 2 fully saturated rings. The lowest BCUT2D eigenvalue weighted by Crippen LogP contribution is -2.50. The SMILES string of the molecule is O=C(CN1CCN(C(=O)Cc2c[nH]c3ccccc23)CC1)Nc1cccc(N2CCCC2=O)c1. The molecule has 8 heteroatoms. The lowest BCUT2D eigenvalue weighted by atomic mass is 10.1. The van der Waals surface area contributed by atoms with Gasteiger partial charge in [-0.05, 0) is 36.2 Å². The molecule has 0 unspecified atom stereocenters. The van der Waals surface area contributed by atoms with E-state index >= 15 is 0 Å². The summed E-state index contributed by atoms with van der Waals surface area (Å²) in [6.45, 7) is 3.55. The molecule has 0 bridgehead atoms. The first-order chi connectivity index (χ1) is 16.6. The van der Waals surface area contributed by atoms with Crippen molar-refractivity contribution in [2.45, 2.75) is 19.3 Å². The molecule has 2 saturated heterocycles. The highest BCUT2D eigenvalue weighted by Gasteiger charge is 2.24. The molecule has 1 aromatic heterocycles. The molecular weight excluding hydrogens is 430 g/mol. The number of carbonyl (C=O) groups is 3. The fraction of sp³-hybridized carbons (Fsp3) is 0.346. The summed E-state index contributed by atoms with van der Waals surface area (Å²) in [6.07, 6.45) is 3.73. The van der Waals surface area contributed by atoms with Gasteiger partial charge in [-0.25, -0.2) is 0 Å². The summed E-state index contributed by atoms with van der Waals surface area (Å²) in [5.74, 6) is 0.145. The van der Waals surface area contributed by atoms with E-state index in [1.54, 1.807) is 4.90 Å². The number of aromatic nitrogens is 1. The Morgan fingerprint density at radius 1 is 0.971 bits per heavy atom. The average Bonchev–Trinajstić information content (AvgIpc) is 3.46. The van der Waals surface area contributed by atoms with Crippen LogP contribution >= 0.6 is 0 Å². The molecule has 0 spiro atoms. The molecule has 3 aromatic rings. The van der Waals surface area contributed by atoms with Crippen molar-refractivity contribution in [2.24, 2.45) is 0 Å². The average molecular weight is 460 g/mol. The number of benzene rings is 2. The van der Waals surface area contributed by atoms with E-state index in [2.05, 4.69) is 15.2 Å². The van der Waals surface area contributed by atoms with Gasteiger partial charge >= 0.3 is 0 Å². The second kappa shape index (κ2) is 9.69. The Hall–Kier alpha value is -3.65. The maximum Gasteiger partial charge on any atom is 0.238 e. The molecule has 5 rings (SSSR count). The number of para-hydroxylation sites is 1. The molecule has 0 atom stereocenters. The smallest absolute Gasteiger partial charge is 0.238 e. The van der Waals surface area contributed by atoms with Crippen LogP contribution in [0.25, 0.3) is 10.9 Å². The molecule has 8 nitrogen and oxygen atoms in total. The molecule has 3 amide bonds. The van der Waals surface area contributed by atoms with Crippen molar-refractivity contribution in [1.82, 2.24) is 14.8 Å². The van der Waals surface area contributed by atoms with E-state index in [0.29, 0.717) is 44.7 Å². The third-order valence-electron chi connectivity index (χ3n) is 6.62. The standard InChI is InChI=1S/C26H29N5O3/c32-24(28-20-5-3-6-21(16-20)31-10-4-9-25(31)33)18-29-11-13-30(14-12-29)26(34)15-19-17-27-23-8-2-1-7-22(19)23/h1-3,5-8,16-17,27H,4,9-15,18H2,(H,28,32). The number of fused-ring (bicyclic) bond motifs is 1. The Morgan fingerprint density at radius 2 is 1.79 bits per heavy atom. The maximum absolute atomic E-state index is 12.8. The Balaban J connectivity index is 1.10. The van der Waals surface area contributed by atoms with Gasteiger partial charge in [0, 0.05) is 67.6 Å². The fourth-order valence-corrected chi connectivity index (χ4v) is 4.78. The highest BCUT2D eigenvalue weighted by Crippen LogP contribution is 2.24. The van der Waals surface area contributed by atoms with E-state index in [9.17, 15) is 14.4 Å². The van der Waals surface area contributed by atoms with Gasteiger partial charge in [0.1, 0.15) is 0 Å². The van der Waals surface area contributed by atoms with Crippen molar-refractivity contribution in [1.29, 1.82) is 0 Å². The number of anilines is 2. The van der Waals surface area contributed by atoms with E-state index in [1.165, 1.54) is 0 Å². The van der Waals surface area contributed by atoms with E-state index in [0.717, 1.165) is 35.1 Å². The Kier molecular flexibility index (Phi) is 6.31. The molecule has 34 heavy (non-hydrogen) atoms. The first-order valence-electron chi connectivity index (χ1n) is 11.8. The van der Waals surface area contributed by atoms with Crippen LogP contribution in [-0.4, -0.2) is 71.8 Å². The number of nitrogens with zero attached hydrogens (tertiary/aromatic N) is 3. The summed E-state index contributed by atoms with van der Waals surface area (Å²) in [7, 11) is 0. The summed E-state index contributed by atoms with van der Waals surface area (Å²) in [5.41, 5.74) is 3.57. The van der Waals surface area contributed by atoms with E-state index in [-0.39, 0.29) is 24.3 Å². The zero-order valence-corrected chi connectivity index (χ0v) is 19.1. The van der Waals surface area contributed by atoms with Gasteiger partial charge in [0.25, 0.3) is 0 Å². The molecule has 2 aliphatic rings. The van der Waals surface area contributed by atoms with Crippen molar-refractivity contribution in [3.8, 4) is 0 Å². The van der Waals surface area contributed by atoms with Gasteiger partial charge in [0.2, 0.25) is 17.7 Å². The largest absolute Gasteiger partial charge is 0.361 e. The first kappa shape index (κ1) is 22.2. The molecule has 176 valence electrons. The van der Waals surface area contributed by atoms with Gasteiger partial charge in [0.05, 0.1) is 13.0 Å². The van der Waals surface area contributed by atoms with Gasteiger partial charge < -0.3 is 20.1 Å². The zero-order valence-electron chi connectivity index (χ0n) is 19.1. The van der Waals surface area contributed by atoms with Gasteiger partial charge in [-0.15, -0.1) is 0 Å². The highest BCUT2D eigenvalue weighted by atomic mass is 16.2. The fourth-order valence-electron chi connectivity index (χ4n) is 4.78. The van der Waals surface area contributed by atoms with Crippen LogP contribution in [0, 0.1) is 0 Å². The van der Waals surface area contributed by atoms with Crippen LogP contribution in [0.2, 0.25) is 0 Å². The lowest BCUT2D eigenvalue weighted by Gasteiger charge is -2.34. The van der Waals surface area contributed by atoms with Crippen molar-refractivity contribution in [3.63, 3.8) is 0 Å². The third-order valence-corrected chi connectivity index (χ3v) is 6.62. The summed E-state index contributed by atoms with van der Waals surface area (Å²) in [4.78, 5) is 46.4. The van der Waals surface area contributed by atoms with Crippen LogP contribution in [-0.2, 0) is 20.8 Å². The topological polar surface area (TPSA) is 88.8 Å². The summed E-state index contributed by atoms with van der Waals surface area (Å²) in [6, 6.07) is 15.4. The summed E-state index contributed by atoms with van der Waals surface area (Å²) < 4.78 is 0. The van der Waals surface area contributed by atoms with Crippen LogP contribution in [0.15, 0.2) is 54.7 Å². The monoisotopic (exact) mass is 459 g/mol. The van der Waals surface area contributed by atoms with Gasteiger partial charge in [-0.3, -0.25) is 19.3 Å². The first-order valence-corrected chi connectivity index (χ1v) is 11.8. The van der Waals surface area contributed by atoms with Crippen LogP contribution in [0.4, 0.5) is 11.4 Å². The molecular formula is C26H29N5O3. The minimum Gasteiger partial charge on any atom is -0.361 e. The maximum atomic E-state index is 12.8. The molecule has 0 aliphatic carbocycles. The summed E-state index contributed by atoms with van der Waals surface area (Å²) in [5, 5.41) is 4.03. The van der Waals surface area contributed by atoms with Crippen LogP contribution in [0.3, 0.4) is 0 Å². The van der Waals surface area contributed by atoms with Crippen molar-refractivity contribution in [2.75, 3.05) is 49.5 Å². The normalized spacial score (nSPS) is 16.9. The van der Waals surface area contributed by atoms with Crippen molar-refractivity contribution in [3.05, 3.63) is 60.3 Å². The van der Waals surface area contributed by atoms with E-state index < -0.39 is 0 Å². The number of hydrogen-bond donors (Lipinski definition) is 2. The van der Waals surface area contributed by atoms with E-state index in [4.69, 9.17) is 0 Å². The number of rotatable bonds is 6. The third kappa shape index (κ3) is 4.82. The Labute approximate surface area is 198 Å². The minimum atomic E-state index is -0.0940. The van der Waals surface area contributed by atoms with Gasteiger partial charge in [-0.2, -0.15) is 0 Å². The van der Waals surface area contributed by atoms with Crippen LogP contribution < -0.4 is 10.2 Å². The van der Waals surface area contributed by atoms with Crippen LogP contribution in [0.1, 0.15) is 18.4 Å². The molecule has 2 N–H and O–H groups in total. The quantitative estimate of drug-likeness (QED) is 0.593. The minimum absolute atomic E-state index is 0.0940. The molecule has 0 saturated carbocycles. The second-order valence-corrected chi connectivity index (χ2v) is 8.94. The highest BCUT2D eigenvalue weighted by molar-refractivity contribution is 5.97. The number of carbonyl (C=O) groups excluding carboxylic acids is 3. The second-order valence-electron chi connectivity index (χ2n) is 8.94. The zero-order chi connectivity index (χ0) is 23.5. The summed E-state index contributed by atoms with van der Waals surface area (Å²) >= 11 is 0. The van der Waals surface area contributed by atoms with Crippen molar-refractivity contribution >= 4 is 40.0 Å². The number of H-pyrrole nitrogens is 1. The number of amides is 3. The van der Waals surface area contributed by atoms with Gasteiger partial charge in [-0.1, -0.05) is 24.3 Å².